The molecule has 0 bridgehead atoms. The van der Waals surface area contributed by atoms with Gasteiger partial charge in [-0.1, -0.05) is 6.92 Å². The van der Waals surface area contributed by atoms with Crippen molar-refractivity contribution in [2.75, 3.05) is 69.0 Å². The first kappa shape index (κ1) is 24.5. The Bertz CT molecular complexity index is 888. The molecule has 2 heterocycles. The fourth-order valence-electron chi connectivity index (χ4n) is 3.51. The van der Waals surface area contributed by atoms with Gasteiger partial charge in [0.2, 0.25) is 0 Å². The van der Waals surface area contributed by atoms with Gasteiger partial charge in [0.15, 0.2) is 0 Å². The summed E-state index contributed by atoms with van der Waals surface area (Å²) in [4.78, 5) is 23.2. The molecule has 1 aliphatic rings. The lowest BCUT2D eigenvalue weighted by Crippen LogP contribution is -2.47. The molecule has 0 unspecified atom stereocenters. The van der Waals surface area contributed by atoms with Crippen LogP contribution in [-0.4, -0.2) is 69.7 Å². The number of methoxy groups -OCH3 is 1. The minimum atomic E-state index is -0.307. The first-order chi connectivity index (χ1) is 14.4. The third kappa shape index (κ3) is 5.70. The molecule has 9 heteroatoms. The molecule has 1 amide bonds. The van der Waals surface area contributed by atoms with Gasteiger partial charge in [0.05, 0.1) is 18.4 Å². The lowest BCUT2D eigenvalue weighted by Gasteiger charge is -2.37. The van der Waals surface area contributed by atoms with Crippen LogP contribution < -0.4 is 19.9 Å². The van der Waals surface area contributed by atoms with Crippen molar-refractivity contribution >= 4 is 35.6 Å². The first-order valence-electron chi connectivity index (χ1n) is 10.2. The normalized spacial score (nSPS) is 13.5. The molecule has 0 aliphatic carbocycles. The van der Waals surface area contributed by atoms with Crippen LogP contribution in [-0.2, 0) is 0 Å². The number of piperazine rings is 1. The molecule has 31 heavy (non-hydrogen) atoms. The number of halogens is 2. The zero-order valence-electron chi connectivity index (χ0n) is 18.5. The quantitative estimate of drug-likeness (QED) is 0.695. The van der Waals surface area contributed by atoms with Gasteiger partial charge in [-0.2, -0.15) is 0 Å². The summed E-state index contributed by atoms with van der Waals surface area (Å²) in [6.45, 7) is 5.89. The minimum Gasteiger partial charge on any atom is -0.494 e. The maximum Gasteiger partial charge on any atom is 0.257 e. The van der Waals surface area contributed by atoms with Crippen LogP contribution in [0.5, 0.6) is 5.75 Å². The Labute approximate surface area is 189 Å². The van der Waals surface area contributed by atoms with Crippen LogP contribution in [0.1, 0.15) is 23.7 Å². The van der Waals surface area contributed by atoms with Crippen molar-refractivity contribution in [3.63, 3.8) is 0 Å². The van der Waals surface area contributed by atoms with Crippen LogP contribution >= 0.6 is 12.4 Å². The maximum absolute atomic E-state index is 13.5. The van der Waals surface area contributed by atoms with Crippen molar-refractivity contribution < 1.29 is 13.9 Å². The molecule has 170 valence electrons. The summed E-state index contributed by atoms with van der Waals surface area (Å²) in [7, 11) is 5.03. The van der Waals surface area contributed by atoms with Crippen LogP contribution in [0.25, 0.3) is 0 Å². The van der Waals surface area contributed by atoms with Gasteiger partial charge in [-0.3, -0.25) is 4.79 Å². The number of rotatable bonds is 7. The number of carbonyl (C=O) groups is 1. The summed E-state index contributed by atoms with van der Waals surface area (Å²) in [6.07, 6.45) is 0.944. The molecule has 1 fully saturated rings. The highest BCUT2D eigenvalue weighted by Crippen LogP contribution is 2.30. The Morgan fingerprint density at radius 1 is 1.16 bits per heavy atom. The minimum absolute atomic E-state index is 0. The van der Waals surface area contributed by atoms with Crippen LogP contribution in [0, 0.1) is 5.82 Å². The van der Waals surface area contributed by atoms with Crippen LogP contribution in [0.4, 0.5) is 21.7 Å². The molecule has 3 rings (SSSR count). The number of benzene rings is 1. The Balaban J connectivity index is 0.00000341. The average molecular weight is 452 g/mol. The molecule has 1 saturated heterocycles. The lowest BCUT2D eigenvalue weighted by molar-refractivity contribution is 0.0828. The Kier molecular flexibility index (Phi) is 8.74. The fraction of sp³-hybridized carbons (Fsp3) is 0.455. The zero-order chi connectivity index (χ0) is 21.7. The Hall–Kier alpha value is -2.74. The number of anilines is 3. The highest BCUT2D eigenvalue weighted by Gasteiger charge is 2.23. The molecule has 0 spiro atoms. The van der Waals surface area contributed by atoms with Gasteiger partial charge in [-0.05, 0) is 30.7 Å². The smallest absolute Gasteiger partial charge is 0.257 e. The van der Waals surface area contributed by atoms with Crippen LogP contribution in [0.3, 0.4) is 0 Å². The number of aromatic nitrogens is 1. The number of ether oxygens (including phenoxy) is 1. The summed E-state index contributed by atoms with van der Waals surface area (Å²) >= 11 is 0. The summed E-state index contributed by atoms with van der Waals surface area (Å²) in [5, 5.41) is 3.29. The molecule has 2 aromatic rings. The van der Waals surface area contributed by atoms with E-state index >= 15 is 0 Å². The lowest BCUT2D eigenvalue weighted by atomic mass is 10.2. The molecule has 1 aromatic heterocycles. The van der Waals surface area contributed by atoms with E-state index in [1.54, 1.807) is 32.2 Å². The number of pyridine rings is 1. The molecule has 0 atom stereocenters. The van der Waals surface area contributed by atoms with Crippen molar-refractivity contribution in [3.05, 3.63) is 41.7 Å². The van der Waals surface area contributed by atoms with E-state index in [1.807, 2.05) is 12.1 Å². The summed E-state index contributed by atoms with van der Waals surface area (Å²) in [5.74, 6) is 1.63. The third-order valence-electron chi connectivity index (χ3n) is 5.15. The average Bonchev–Trinajstić information content (AvgIpc) is 2.77. The first-order valence-corrected chi connectivity index (χ1v) is 10.2. The van der Waals surface area contributed by atoms with Gasteiger partial charge in [0.1, 0.15) is 23.2 Å². The molecule has 1 aromatic carbocycles. The zero-order valence-corrected chi connectivity index (χ0v) is 19.3. The van der Waals surface area contributed by atoms with Crippen molar-refractivity contribution in [2.45, 2.75) is 13.3 Å². The largest absolute Gasteiger partial charge is 0.494 e. The van der Waals surface area contributed by atoms with E-state index < -0.39 is 0 Å². The van der Waals surface area contributed by atoms with Crippen LogP contribution in [0.15, 0.2) is 30.3 Å². The van der Waals surface area contributed by atoms with Gasteiger partial charge in [0, 0.05) is 52.9 Å². The topological polar surface area (TPSA) is 60.9 Å². The number of hydrogen-bond acceptors (Lipinski definition) is 6. The summed E-state index contributed by atoms with van der Waals surface area (Å²) in [6, 6.07) is 8.38. The van der Waals surface area contributed by atoms with Gasteiger partial charge in [-0.25, -0.2) is 9.37 Å². The van der Waals surface area contributed by atoms with E-state index in [1.165, 1.54) is 12.1 Å². The van der Waals surface area contributed by atoms with Gasteiger partial charge in [0.25, 0.3) is 5.91 Å². The SMILES string of the molecule is CCCNc1nc(N2CCN(c3ccc(F)cc3OC)CC2)ccc1C(=O)N(C)C.Cl. The summed E-state index contributed by atoms with van der Waals surface area (Å²) in [5.41, 5.74) is 1.47. The number of nitrogens with one attached hydrogen (secondary N) is 1. The van der Waals surface area contributed by atoms with Gasteiger partial charge < -0.3 is 24.8 Å². The van der Waals surface area contributed by atoms with Crippen molar-refractivity contribution in [1.82, 2.24) is 9.88 Å². The second kappa shape index (κ2) is 11.0. The monoisotopic (exact) mass is 451 g/mol. The van der Waals surface area contributed by atoms with Gasteiger partial charge in [-0.15, -0.1) is 12.4 Å². The molecular weight excluding hydrogens is 421 g/mol. The summed E-state index contributed by atoms with van der Waals surface area (Å²) < 4.78 is 18.8. The Morgan fingerprint density at radius 2 is 1.84 bits per heavy atom. The number of hydrogen-bond donors (Lipinski definition) is 1. The van der Waals surface area contributed by atoms with Crippen molar-refractivity contribution in [2.24, 2.45) is 0 Å². The fourth-order valence-corrected chi connectivity index (χ4v) is 3.51. The predicted molar refractivity (Wildman–Crippen MR) is 126 cm³/mol. The van der Waals surface area contributed by atoms with E-state index in [2.05, 4.69) is 22.0 Å². The number of amides is 1. The van der Waals surface area contributed by atoms with Crippen molar-refractivity contribution in [3.8, 4) is 5.75 Å². The molecule has 1 N–H and O–H groups in total. The maximum atomic E-state index is 13.5. The second-order valence-corrected chi connectivity index (χ2v) is 7.48. The van der Waals surface area contributed by atoms with E-state index in [0.29, 0.717) is 17.1 Å². The van der Waals surface area contributed by atoms with Crippen LogP contribution in [0.2, 0.25) is 0 Å². The molecule has 7 nitrogen and oxygen atoms in total. The number of nitrogens with zero attached hydrogens (tertiary/aromatic N) is 4. The van der Waals surface area contributed by atoms with Gasteiger partial charge >= 0.3 is 0 Å². The highest BCUT2D eigenvalue weighted by molar-refractivity contribution is 5.98. The molecule has 1 aliphatic heterocycles. The highest BCUT2D eigenvalue weighted by atomic mass is 35.5. The van der Waals surface area contributed by atoms with E-state index in [4.69, 9.17) is 9.72 Å². The van der Waals surface area contributed by atoms with E-state index in [-0.39, 0.29) is 24.1 Å². The molecule has 0 radical (unpaired) electrons. The van der Waals surface area contributed by atoms with E-state index in [0.717, 1.165) is 50.6 Å². The third-order valence-corrected chi connectivity index (χ3v) is 5.15. The van der Waals surface area contributed by atoms with E-state index in [9.17, 15) is 9.18 Å². The second-order valence-electron chi connectivity index (χ2n) is 7.48. The molecular formula is C22H31ClFN5O2. The predicted octanol–water partition coefficient (Wildman–Crippen LogP) is 3.50. The number of carbonyl (C=O) groups excluding carboxylic acids is 1. The van der Waals surface area contributed by atoms with Crippen molar-refractivity contribution in [1.29, 1.82) is 0 Å². The Morgan fingerprint density at radius 3 is 2.45 bits per heavy atom. The molecule has 0 saturated carbocycles. The standard InChI is InChI=1S/C22H30FN5O2.ClH/c1-5-10-24-21-17(22(29)26(2)3)7-9-20(25-21)28-13-11-27(12-14-28)18-8-6-16(23)15-19(18)30-4;/h6-9,15H,5,10-14H2,1-4H3,(H,24,25);1H.